The van der Waals surface area contributed by atoms with E-state index in [4.69, 9.17) is 5.26 Å². The summed E-state index contributed by atoms with van der Waals surface area (Å²) in [5.41, 5.74) is 0. The van der Waals surface area contributed by atoms with Gasteiger partial charge in [0.25, 0.3) is 0 Å². The van der Waals surface area contributed by atoms with E-state index < -0.39 is 0 Å². The van der Waals surface area contributed by atoms with Crippen molar-refractivity contribution in [1.82, 2.24) is 0 Å². The minimum absolute atomic E-state index is 1.10. The summed E-state index contributed by atoms with van der Waals surface area (Å²) in [4.78, 5) is 6.28. The number of amidine groups is 1. The van der Waals surface area contributed by atoms with E-state index in [2.05, 4.69) is 17.6 Å². The van der Waals surface area contributed by atoms with E-state index >= 15 is 0 Å². The average molecular weight is 211 g/mol. The van der Waals surface area contributed by atoms with Crippen LogP contribution in [0.1, 0.15) is 32.1 Å². The van der Waals surface area contributed by atoms with E-state index in [0.717, 1.165) is 6.54 Å². The lowest BCUT2D eigenvalue weighted by Gasteiger charge is -2.21. The number of hydrogen-bond donors (Lipinski definition) is 1. The Bertz CT molecular complexity index is 232. The number of fused-ring (bicyclic) bond motifs is 1. The second-order valence-electron chi connectivity index (χ2n) is 3.69. The van der Waals surface area contributed by atoms with E-state index in [1.165, 1.54) is 56.4 Å². The van der Waals surface area contributed by atoms with Crippen LogP contribution in [-0.4, -0.2) is 25.5 Å². The van der Waals surface area contributed by atoms with E-state index in [-0.39, 0.29) is 0 Å². The molecule has 1 saturated heterocycles. The van der Waals surface area contributed by atoms with E-state index in [1.54, 1.807) is 4.90 Å². The van der Waals surface area contributed by atoms with Gasteiger partial charge in [0.1, 0.15) is 0 Å². The summed E-state index contributed by atoms with van der Waals surface area (Å²) >= 11 is 3.70. The summed E-state index contributed by atoms with van der Waals surface area (Å²) in [6.45, 7) is 3.79. The molecule has 0 aromatic carbocycles. The molecule has 0 aromatic heterocycles. The van der Waals surface area contributed by atoms with Crippen LogP contribution < -0.4 is 4.90 Å². The van der Waals surface area contributed by atoms with Gasteiger partial charge in [-0.1, -0.05) is 5.40 Å². The normalized spacial score (nSPS) is 25.6. The zero-order valence-electron chi connectivity index (χ0n) is 8.46. The SMILES string of the molecule is C1CCC2=NCCC[NH+]2CC1.N#C[S-]. The first-order valence-electron chi connectivity index (χ1n) is 5.28. The van der Waals surface area contributed by atoms with Gasteiger partial charge in [0, 0.05) is 19.4 Å². The summed E-state index contributed by atoms with van der Waals surface area (Å²) in [6.07, 6.45) is 6.79. The summed E-state index contributed by atoms with van der Waals surface area (Å²) in [6, 6.07) is 0. The van der Waals surface area contributed by atoms with Crippen LogP contribution in [0.5, 0.6) is 0 Å². The van der Waals surface area contributed by atoms with Crippen molar-refractivity contribution in [3.8, 4) is 5.40 Å². The van der Waals surface area contributed by atoms with Crippen molar-refractivity contribution < 1.29 is 4.90 Å². The molecule has 2 rings (SSSR count). The Balaban J connectivity index is 0.000000293. The van der Waals surface area contributed by atoms with Gasteiger partial charge >= 0.3 is 0 Å². The van der Waals surface area contributed by atoms with Crippen LogP contribution in [0.25, 0.3) is 0 Å². The fraction of sp³-hybridized carbons (Fsp3) is 0.800. The molecule has 0 aliphatic carbocycles. The lowest BCUT2D eigenvalue weighted by atomic mass is 10.2. The zero-order chi connectivity index (χ0) is 10.2. The molecule has 1 unspecified atom stereocenters. The van der Waals surface area contributed by atoms with Gasteiger partial charge in [0.05, 0.1) is 13.1 Å². The Kier molecular flexibility index (Phi) is 5.50. The average Bonchev–Trinajstić information content (AvgIpc) is 2.43. The monoisotopic (exact) mass is 211 g/mol. The number of rotatable bonds is 0. The van der Waals surface area contributed by atoms with Crippen molar-refractivity contribution in [3.63, 3.8) is 0 Å². The number of nitriles is 1. The third-order valence-electron chi connectivity index (χ3n) is 2.74. The molecule has 0 radical (unpaired) electrons. The maximum Gasteiger partial charge on any atom is 0.196 e. The van der Waals surface area contributed by atoms with Crippen molar-refractivity contribution in [1.29, 1.82) is 5.26 Å². The van der Waals surface area contributed by atoms with Crippen molar-refractivity contribution in [3.05, 3.63) is 0 Å². The first kappa shape index (κ1) is 11.4. The summed E-state index contributed by atoms with van der Waals surface area (Å²) < 4.78 is 0. The third kappa shape index (κ3) is 3.60. The number of nitrogens with one attached hydrogen (secondary N) is 1. The van der Waals surface area contributed by atoms with Gasteiger partial charge < -0.3 is 12.6 Å². The maximum absolute atomic E-state index is 7.13. The Labute approximate surface area is 91.2 Å². The van der Waals surface area contributed by atoms with Crippen molar-refractivity contribution >= 4 is 18.5 Å². The minimum atomic E-state index is 1.10. The van der Waals surface area contributed by atoms with Crippen molar-refractivity contribution in [2.75, 3.05) is 19.6 Å². The standard InChI is InChI=1S/C9H16N2.CHNS/c1-2-5-9-10-6-4-8-11(9)7-3-1;2-1-3/h1-8H2;3H. The highest BCUT2D eigenvalue weighted by Gasteiger charge is 2.21. The molecule has 14 heavy (non-hydrogen) atoms. The van der Waals surface area contributed by atoms with Gasteiger partial charge in [-0.25, -0.2) is 10.3 Å². The Morgan fingerprint density at radius 3 is 2.71 bits per heavy atom. The number of quaternary nitrogens is 1. The molecule has 3 nitrogen and oxygen atoms in total. The first-order chi connectivity index (χ1) is 6.88. The van der Waals surface area contributed by atoms with Gasteiger partial charge in [-0.15, -0.1) is 0 Å². The Morgan fingerprint density at radius 1 is 1.21 bits per heavy atom. The summed E-state index contributed by atoms with van der Waals surface area (Å²) in [5.74, 6) is 1.48. The zero-order valence-corrected chi connectivity index (χ0v) is 9.28. The number of aliphatic imine (C=N–C) groups is 1. The van der Waals surface area contributed by atoms with Crippen LogP contribution in [-0.2, 0) is 12.6 Å². The van der Waals surface area contributed by atoms with Gasteiger partial charge in [-0.2, -0.15) is 0 Å². The summed E-state index contributed by atoms with van der Waals surface area (Å²) in [7, 11) is 0. The Hall–Kier alpha value is -0.660. The molecule has 0 amide bonds. The lowest BCUT2D eigenvalue weighted by molar-refractivity contribution is -0.809. The molecule has 2 aliphatic heterocycles. The van der Waals surface area contributed by atoms with E-state index in [9.17, 15) is 0 Å². The van der Waals surface area contributed by atoms with Crippen LogP contribution in [0.4, 0.5) is 0 Å². The minimum Gasteiger partial charge on any atom is -0.696 e. The van der Waals surface area contributed by atoms with Crippen molar-refractivity contribution in [2.24, 2.45) is 4.99 Å². The second kappa shape index (κ2) is 6.74. The predicted molar refractivity (Wildman–Crippen MR) is 59.1 cm³/mol. The molecular weight excluding hydrogens is 194 g/mol. The summed E-state index contributed by atoms with van der Waals surface area (Å²) in [5, 5.41) is 8.47. The molecule has 78 valence electrons. The highest BCUT2D eigenvalue weighted by molar-refractivity contribution is 7.64. The number of thiocyanates is 1. The lowest BCUT2D eigenvalue weighted by Crippen LogP contribution is -3.15. The van der Waals surface area contributed by atoms with E-state index in [1.807, 2.05) is 0 Å². The van der Waals surface area contributed by atoms with Crippen LogP contribution >= 0.6 is 0 Å². The number of hydrogen-bond acceptors (Lipinski definition) is 3. The molecular formula is C10H17N3S. The van der Waals surface area contributed by atoms with E-state index in [0.29, 0.717) is 0 Å². The van der Waals surface area contributed by atoms with Crippen molar-refractivity contribution in [2.45, 2.75) is 32.1 Å². The van der Waals surface area contributed by atoms with Gasteiger partial charge in [0.15, 0.2) is 5.84 Å². The van der Waals surface area contributed by atoms with Crippen LogP contribution in [0, 0.1) is 10.7 Å². The van der Waals surface area contributed by atoms with Crippen LogP contribution in [0.15, 0.2) is 4.99 Å². The van der Waals surface area contributed by atoms with Gasteiger partial charge in [0.2, 0.25) is 0 Å². The van der Waals surface area contributed by atoms with Crippen LogP contribution in [0.3, 0.4) is 0 Å². The molecule has 0 spiro atoms. The fourth-order valence-electron chi connectivity index (χ4n) is 2.10. The quantitative estimate of drug-likeness (QED) is 0.461. The molecule has 1 fully saturated rings. The predicted octanol–water partition coefficient (Wildman–Crippen LogP) is 0.262. The fourth-order valence-corrected chi connectivity index (χ4v) is 2.10. The molecule has 0 aromatic rings. The molecule has 2 heterocycles. The highest BCUT2D eigenvalue weighted by atomic mass is 32.1. The topological polar surface area (TPSA) is 40.6 Å². The smallest absolute Gasteiger partial charge is 0.196 e. The third-order valence-corrected chi connectivity index (χ3v) is 2.74. The highest BCUT2D eigenvalue weighted by Crippen LogP contribution is 2.03. The molecule has 2 aliphatic rings. The number of nitrogens with zero attached hydrogens (tertiary/aromatic N) is 2. The molecule has 4 heteroatoms. The maximum atomic E-state index is 7.13. The second-order valence-corrected chi connectivity index (χ2v) is 3.87. The van der Waals surface area contributed by atoms with Crippen LogP contribution in [0.2, 0.25) is 0 Å². The Morgan fingerprint density at radius 2 is 1.93 bits per heavy atom. The molecule has 0 bridgehead atoms. The largest absolute Gasteiger partial charge is 0.696 e. The molecule has 0 saturated carbocycles. The molecule has 1 N–H and O–H groups in total. The van der Waals surface area contributed by atoms with Gasteiger partial charge in [-0.05, 0) is 19.3 Å². The van der Waals surface area contributed by atoms with Gasteiger partial charge in [-0.3, -0.25) is 4.90 Å². The molecule has 1 atom stereocenters. The first-order valence-corrected chi connectivity index (χ1v) is 5.69.